The number of rotatable bonds is 3. The molecule has 3 aromatic rings. The lowest BCUT2D eigenvalue weighted by Crippen LogP contribution is -2.15. The normalized spacial score (nSPS) is 10.9. The summed E-state index contributed by atoms with van der Waals surface area (Å²) in [5.41, 5.74) is 0.813. The third-order valence-electron chi connectivity index (χ3n) is 3.50. The molecule has 23 heavy (non-hydrogen) atoms. The molecule has 3 rings (SSSR count). The van der Waals surface area contributed by atoms with Gasteiger partial charge in [-0.3, -0.25) is 9.20 Å². The number of aromatic nitrogens is 2. The summed E-state index contributed by atoms with van der Waals surface area (Å²) in [6, 6.07) is 8.30. The third kappa shape index (κ3) is 2.26. The number of esters is 2. The molecule has 7 nitrogen and oxygen atoms in total. The highest BCUT2D eigenvalue weighted by molar-refractivity contribution is 6.03. The van der Waals surface area contributed by atoms with E-state index in [2.05, 4.69) is 4.98 Å². The molecular weight excluding hydrogens is 300 g/mol. The first-order chi connectivity index (χ1) is 11.1. The van der Waals surface area contributed by atoms with E-state index >= 15 is 0 Å². The first-order valence-electron chi connectivity index (χ1n) is 7.00. The van der Waals surface area contributed by atoms with Crippen LogP contribution in [0.3, 0.4) is 0 Å². The second-order valence-corrected chi connectivity index (χ2v) is 4.81. The predicted octanol–water partition coefficient (Wildman–Crippen LogP) is 1.74. The molecule has 0 aliphatic heterocycles. The van der Waals surface area contributed by atoms with Gasteiger partial charge in [-0.25, -0.2) is 9.59 Å². The zero-order valence-corrected chi connectivity index (χ0v) is 12.6. The molecule has 1 N–H and O–H groups in total. The molecule has 0 fully saturated rings. The summed E-state index contributed by atoms with van der Waals surface area (Å²) in [5.74, 6) is -1.31. The fraction of sp³-hybridized carbons (Fsp3) is 0.188. The first kappa shape index (κ1) is 14.8. The molecule has 118 valence electrons. The van der Waals surface area contributed by atoms with E-state index in [9.17, 15) is 14.4 Å². The van der Waals surface area contributed by atoms with Gasteiger partial charge >= 0.3 is 11.9 Å². The number of carbonyl (C=O) groups is 2. The summed E-state index contributed by atoms with van der Waals surface area (Å²) in [4.78, 5) is 39.3. The van der Waals surface area contributed by atoms with Crippen LogP contribution in [0.25, 0.3) is 16.6 Å². The lowest BCUT2D eigenvalue weighted by molar-refractivity contribution is 0.0519. The van der Waals surface area contributed by atoms with Gasteiger partial charge < -0.3 is 14.5 Å². The minimum atomic E-state index is -0.696. The van der Waals surface area contributed by atoms with Crippen LogP contribution in [-0.2, 0) is 9.47 Å². The molecular formula is C16H14N2O5. The van der Waals surface area contributed by atoms with Crippen molar-refractivity contribution >= 4 is 28.5 Å². The number of nitrogens with one attached hydrogen (secondary N) is 1. The van der Waals surface area contributed by atoms with Gasteiger partial charge in [0.1, 0.15) is 11.2 Å². The van der Waals surface area contributed by atoms with Crippen molar-refractivity contribution < 1.29 is 19.1 Å². The smallest absolute Gasteiger partial charge is 0.355 e. The molecule has 0 aliphatic carbocycles. The van der Waals surface area contributed by atoms with Crippen LogP contribution in [0, 0.1) is 0 Å². The highest BCUT2D eigenvalue weighted by Gasteiger charge is 2.24. The van der Waals surface area contributed by atoms with E-state index < -0.39 is 17.5 Å². The van der Waals surface area contributed by atoms with Crippen molar-refractivity contribution in [2.24, 2.45) is 0 Å². The summed E-state index contributed by atoms with van der Waals surface area (Å²) in [6.07, 6.45) is 0. The van der Waals surface area contributed by atoms with Gasteiger partial charge in [0.25, 0.3) is 5.56 Å². The standard InChI is InChI=1S/C16H14N2O5/c1-3-23-16(21)12-8-9(15(20)22-2)13-14(19)17-10-6-4-5-7-11(10)18(12)13/h4-8H,3H2,1-2H3,(H,17,19). The van der Waals surface area contributed by atoms with Crippen LogP contribution < -0.4 is 5.56 Å². The van der Waals surface area contributed by atoms with Crippen molar-refractivity contribution in [1.82, 2.24) is 9.38 Å². The maximum atomic E-state index is 12.4. The van der Waals surface area contributed by atoms with Crippen LogP contribution in [0.1, 0.15) is 27.8 Å². The molecule has 0 amide bonds. The monoisotopic (exact) mass is 314 g/mol. The lowest BCUT2D eigenvalue weighted by atomic mass is 10.2. The fourth-order valence-electron chi connectivity index (χ4n) is 2.56. The molecule has 0 saturated heterocycles. The Kier molecular flexibility index (Phi) is 3.61. The van der Waals surface area contributed by atoms with Gasteiger partial charge in [-0.1, -0.05) is 12.1 Å². The Hall–Kier alpha value is -3.09. The van der Waals surface area contributed by atoms with Crippen molar-refractivity contribution in [1.29, 1.82) is 0 Å². The quantitative estimate of drug-likeness (QED) is 0.744. The van der Waals surface area contributed by atoms with Gasteiger partial charge in [0.15, 0.2) is 0 Å². The Bertz CT molecular complexity index is 983. The number of methoxy groups -OCH3 is 1. The summed E-state index contributed by atoms with van der Waals surface area (Å²) in [5, 5.41) is 0. The second-order valence-electron chi connectivity index (χ2n) is 4.81. The number of aromatic amines is 1. The third-order valence-corrected chi connectivity index (χ3v) is 3.50. The molecule has 0 spiro atoms. The summed E-state index contributed by atoms with van der Waals surface area (Å²) >= 11 is 0. The number of H-pyrrole nitrogens is 1. The fourth-order valence-corrected chi connectivity index (χ4v) is 2.56. The Balaban J connectivity index is 2.49. The van der Waals surface area contributed by atoms with Crippen molar-refractivity contribution in [2.45, 2.75) is 6.92 Å². The molecule has 2 aromatic heterocycles. The number of benzene rings is 1. The van der Waals surface area contributed by atoms with E-state index in [1.807, 2.05) is 0 Å². The first-order valence-corrected chi connectivity index (χ1v) is 7.00. The molecule has 0 radical (unpaired) electrons. The van der Waals surface area contributed by atoms with Crippen LogP contribution in [0.2, 0.25) is 0 Å². The van der Waals surface area contributed by atoms with Crippen LogP contribution in [0.5, 0.6) is 0 Å². The summed E-state index contributed by atoms with van der Waals surface area (Å²) < 4.78 is 11.2. The Morgan fingerprint density at radius 3 is 2.65 bits per heavy atom. The minimum Gasteiger partial charge on any atom is -0.465 e. The predicted molar refractivity (Wildman–Crippen MR) is 82.8 cm³/mol. The molecule has 0 aliphatic rings. The maximum Gasteiger partial charge on any atom is 0.355 e. The van der Waals surface area contributed by atoms with E-state index in [-0.39, 0.29) is 23.4 Å². The Labute approximate surface area is 130 Å². The minimum absolute atomic E-state index is 0.0163. The van der Waals surface area contributed by atoms with E-state index in [0.717, 1.165) is 0 Å². The Morgan fingerprint density at radius 1 is 1.22 bits per heavy atom. The topological polar surface area (TPSA) is 89.9 Å². The van der Waals surface area contributed by atoms with Crippen molar-refractivity contribution in [3.63, 3.8) is 0 Å². The zero-order valence-electron chi connectivity index (χ0n) is 12.6. The number of fused-ring (bicyclic) bond motifs is 3. The largest absolute Gasteiger partial charge is 0.465 e. The van der Waals surface area contributed by atoms with E-state index in [1.165, 1.54) is 17.6 Å². The summed E-state index contributed by atoms with van der Waals surface area (Å²) in [6.45, 7) is 1.86. The van der Waals surface area contributed by atoms with E-state index in [0.29, 0.717) is 11.0 Å². The summed E-state index contributed by atoms with van der Waals surface area (Å²) in [7, 11) is 1.21. The molecule has 0 saturated carbocycles. The molecule has 0 bridgehead atoms. The van der Waals surface area contributed by atoms with E-state index in [4.69, 9.17) is 9.47 Å². The number of para-hydroxylation sites is 2. The van der Waals surface area contributed by atoms with Crippen LogP contribution in [0.4, 0.5) is 0 Å². The number of carbonyl (C=O) groups excluding carboxylic acids is 2. The highest BCUT2D eigenvalue weighted by atomic mass is 16.5. The van der Waals surface area contributed by atoms with Crippen LogP contribution in [-0.4, -0.2) is 35.0 Å². The van der Waals surface area contributed by atoms with Gasteiger partial charge in [-0.05, 0) is 25.1 Å². The lowest BCUT2D eigenvalue weighted by Gasteiger charge is -2.06. The maximum absolute atomic E-state index is 12.4. The van der Waals surface area contributed by atoms with Gasteiger partial charge in [-0.2, -0.15) is 0 Å². The number of nitrogens with zero attached hydrogens (tertiary/aromatic N) is 1. The SMILES string of the molecule is CCOC(=O)c1cc(C(=O)OC)c2c(=O)[nH]c3ccccc3n12. The zero-order chi connectivity index (χ0) is 16.6. The van der Waals surface area contributed by atoms with Crippen molar-refractivity contribution in [2.75, 3.05) is 13.7 Å². The van der Waals surface area contributed by atoms with Crippen LogP contribution in [0.15, 0.2) is 35.1 Å². The van der Waals surface area contributed by atoms with Gasteiger partial charge in [0.2, 0.25) is 0 Å². The Morgan fingerprint density at radius 2 is 1.96 bits per heavy atom. The number of hydrogen-bond donors (Lipinski definition) is 1. The van der Waals surface area contributed by atoms with Gasteiger partial charge in [0.05, 0.1) is 30.3 Å². The number of hydrogen-bond acceptors (Lipinski definition) is 5. The average Bonchev–Trinajstić information content (AvgIpc) is 2.96. The van der Waals surface area contributed by atoms with Crippen molar-refractivity contribution in [3.8, 4) is 0 Å². The molecule has 0 atom stereocenters. The highest BCUT2D eigenvalue weighted by Crippen LogP contribution is 2.21. The molecule has 7 heteroatoms. The van der Waals surface area contributed by atoms with Crippen molar-refractivity contribution in [3.05, 3.63) is 51.9 Å². The van der Waals surface area contributed by atoms with Crippen LogP contribution >= 0.6 is 0 Å². The van der Waals surface area contributed by atoms with Gasteiger partial charge in [0, 0.05) is 0 Å². The second kappa shape index (κ2) is 5.60. The van der Waals surface area contributed by atoms with Gasteiger partial charge in [-0.15, -0.1) is 0 Å². The molecule has 0 unspecified atom stereocenters. The average molecular weight is 314 g/mol. The molecule has 1 aromatic carbocycles. The molecule has 2 heterocycles. The van der Waals surface area contributed by atoms with E-state index in [1.54, 1.807) is 31.2 Å². The number of ether oxygens (including phenoxy) is 2.